The lowest BCUT2D eigenvalue weighted by atomic mass is 10.3. The van der Waals surface area contributed by atoms with Crippen molar-refractivity contribution in [2.45, 2.75) is 6.36 Å². The predicted molar refractivity (Wildman–Crippen MR) is 55.5 cm³/mol. The molecule has 0 fully saturated rings. The molecule has 2 heterocycles. The van der Waals surface area contributed by atoms with E-state index >= 15 is 0 Å². The molecule has 0 aliphatic rings. The van der Waals surface area contributed by atoms with E-state index in [9.17, 15) is 13.2 Å². The van der Waals surface area contributed by atoms with Gasteiger partial charge in [0.15, 0.2) is 5.75 Å². The number of hydrogen-bond donors (Lipinski definition) is 1. The average Bonchev–Trinajstić information content (AvgIpc) is 2.56. The molecule has 1 N–H and O–H groups in total. The van der Waals surface area contributed by atoms with Crippen molar-refractivity contribution in [3.8, 4) is 5.75 Å². The maximum absolute atomic E-state index is 12.0. The molecule has 15 heavy (non-hydrogen) atoms. The van der Waals surface area contributed by atoms with Gasteiger partial charge in [0, 0.05) is 11.6 Å². The van der Waals surface area contributed by atoms with Gasteiger partial charge in [0.1, 0.15) is 5.65 Å². The summed E-state index contributed by atoms with van der Waals surface area (Å²) >= 11 is 1.79. The molecule has 0 saturated heterocycles. The zero-order chi connectivity index (χ0) is 11.1. The first kappa shape index (κ1) is 10.5. The molecule has 0 radical (unpaired) electrons. The number of hydrogen-bond acceptors (Lipinski definition) is 2. The predicted octanol–water partition coefficient (Wildman–Crippen LogP) is 3.07. The summed E-state index contributed by atoms with van der Waals surface area (Å²) in [6.07, 6.45) is -2.03. The number of rotatable bonds is 1. The molecule has 0 atom stereocenters. The summed E-state index contributed by atoms with van der Waals surface area (Å²) in [5.74, 6) is -0.282. The molecule has 0 aliphatic carbocycles. The minimum absolute atomic E-state index is 0.282. The van der Waals surface area contributed by atoms with Crippen molar-refractivity contribution in [1.82, 2.24) is 9.97 Å². The van der Waals surface area contributed by atoms with Crippen molar-refractivity contribution in [2.75, 3.05) is 0 Å². The van der Waals surface area contributed by atoms with Crippen LogP contribution in [0, 0.1) is 3.57 Å². The molecule has 7 heteroatoms. The summed E-state index contributed by atoms with van der Waals surface area (Å²) in [5.41, 5.74) is 0.536. The Labute approximate surface area is 95.8 Å². The van der Waals surface area contributed by atoms with Gasteiger partial charge in [-0.2, -0.15) is 0 Å². The molecular formula is C8H4F3IN2O. The van der Waals surface area contributed by atoms with E-state index in [1.54, 1.807) is 34.9 Å². The second kappa shape index (κ2) is 3.54. The third kappa shape index (κ3) is 2.16. The maximum Gasteiger partial charge on any atom is 0.573 e. The van der Waals surface area contributed by atoms with E-state index in [4.69, 9.17) is 0 Å². The standard InChI is InChI=1S/C8H4F3IN2O/c9-8(10,11)15-5-3-14-7-4(6(5)12)1-2-13-7/h1-3H,(H,13,14). The number of halogens is 4. The van der Waals surface area contributed by atoms with Crippen molar-refractivity contribution < 1.29 is 17.9 Å². The van der Waals surface area contributed by atoms with Gasteiger partial charge in [0.05, 0.1) is 9.77 Å². The van der Waals surface area contributed by atoms with Crippen molar-refractivity contribution in [3.63, 3.8) is 0 Å². The fourth-order valence-corrected chi connectivity index (χ4v) is 1.84. The zero-order valence-electron chi connectivity index (χ0n) is 7.10. The molecule has 0 spiro atoms. The number of H-pyrrole nitrogens is 1. The Morgan fingerprint density at radius 3 is 2.80 bits per heavy atom. The Morgan fingerprint density at radius 2 is 2.13 bits per heavy atom. The first-order chi connectivity index (χ1) is 6.97. The molecule has 0 saturated carbocycles. The number of pyridine rings is 1. The fraction of sp³-hybridized carbons (Fsp3) is 0.125. The number of alkyl halides is 3. The van der Waals surface area contributed by atoms with Gasteiger partial charge in [0.25, 0.3) is 0 Å². The van der Waals surface area contributed by atoms with Gasteiger partial charge >= 0.3 is 6.36 Å². The third-order valence-corrected chi connectivity index (χ3v) is 2.83. The molecule has 0 unspecified atom stereocenters. The van der Waals surface area contributed by atoms with Crippen LogP contribution in [-0.2, 0) is 0 Å². The van der Waals surface area contributed by atoms with Gasteiger partial charge in [-0.25, -0.2) is 4.98 Å². The molecule has 80 valence electrons. The number of aromatic amines is 1. The van der Waals surface area contributed by atoms with Gasteiger partial charge in [-0.15, -0.1) is 13.2 Å². The molecular weight excluding hydrogens is 324 g/mol. The molecule has 2 rings (SSSR count). The summed E-state index contributed by atoms with van der Waals surface area (Å²) in [6.45, 7) is 0. The number of aromatic nitrogens is 2. The van der Waals surface area contributed by atoms with Gasteiger partial charge in [-0.05, 0) is 28.7 Å². The van der Waals surface area contributed by atoms with E-state index in [-0.39, 0.29) is 5.75 Å². The van der Waals surface area contributed by atoms with E-state index in [1.165, 1.54) is 0 Å². The minimum atomic E-state index is -4.69. The first-order valence-electron chi connectivity index (χ1n) is 3.85. The normalized spacial score (nSPS) is 12.0. The Hall–Kier alpha value is -0.990. The van der Waals surface area contributed by atoms with E-state index in [2.05, 4.69) is 14.7 Å². The quantitative estimate of drug-likeness (QED) is 0.817. The first-order valence-corrected chi connectivity index (χ1v) is 4.92. The highest BCUT2D eigenvalue weighted by Crippen LogP contribution is 2.31. The highest BCUT2D eigenvalue weighted by atomic mass is 127. The number of nitrogens with one attached hydrogen (secondary N) is 1. The van der Waals surface area contributed by atoms with Crippen LogP contribution >= 0.6 is 22.6 Å². The third-order valence-electron chi connectivity index (χ3n) is 1.71. The van der Waals surface area contributed by atoms with E-state index in [0.717, 1.165) is 6.20 Å². The SMILES string of the molecule is FC(F)(F)Oc1cnc2[nH]ccc2c1I. The summed E-state index contributed by atoms with van der Waals surface area (Å²) in [5, 5.41) is 0.609. The molecule has 0 aromatic carbocycles. The zero-order valence-corrected chi connectivity index (χ0v) is 9.26. The second-order valence-electron chi connectivity index (χ2n) is 2.72. The summed E-state index contributed by atoms with van der Waals surface area (Å²) in [6, 6.07) is 1.65. The molecule has 0 amide bonds. The van der Waals surface area contributed by atoms with Crippen LogP contribution < -0.4 is 4.74 Å². The highest BCUT2D eigenvalue weighted by Gasteiger charge is 2.32. The highest BCUT2D eigenvalue weighted by molar-refractivity contribution is 14.1. The molecule has 0 aliphatic heterocycles. The van der Waals surface area contributed by atoms with Gasteiger partial charge in [-0.3, -0.25) is 0 Å². The Bertz CT molecular complexity index is 494. The van der Waals surface area contributed by atoms with Crippen molar-refractivity contribution in [1.29, 1.82) is 0 Å². The van der Waals surface area contributed by atoms with Crippen LogP contribution in [0.2, 0.25) is 0 Å². The second-order valence-corrected chi connectivity index (χ2v) is 3.80. The number of fused-ring (bicyclic) bond motifs is 1. The molecule has 3 nitrogen and oxygen atoms in total. The lowest BCUT2D eigenvalue weighted by Crippen LogP contribution is -2.18. The summed E-state index contributed by atoms with van der Waals surface area (Å²) in [4.78, 5) is 6.60. The largest absolute Gasteiger partial charge is 0.573 e. The van der Waals surface area contributed by atoms with Crippen LogP contribution in [0.4, 0.5) is 13.2 Å². The van der Waals surface area contributed by atoms with Crippen LogP contribution in [0.1, 0.15) is 0 Å². The molecule has 2 aromatic heterocycles. The van der Waals surface area contributed by atoms with Crippen LogP contribution in [0.5, 0.6) is 5.75 Å². The van der Waals surface area contributed by atoms with E-state index in [0.29, 0.717) is 14.6 Å². The smallest absolute Gasteiger partial charge is 0.403 e. The monoisotopic (exact) mass is 328 g/mol. The Balaban J connectivity index is 2.48. The average molecular weight is 328 g/mol. The number of nitrogens with zero attached hydrogens (tertiary/aromatic N) is 1. The van der Waals surface area contributed by atoms with E-state index < -0.39 is 6.36 Å². The molecule has 2 aromatic rings. The minimum Gasteiger partial charge on any atom is -0.403 e. The van der Waals surface area contributed by atoms with E-state index in [1.807, 2.05) is 0 Å². The Kier molecular flexibility index (Phi) is 2.49. The lowest BCUT2D eigenvalue weighted by molar-refractivity contribution is -0.275. The van der Waals surface area contributed by atoms with Crippen LogP contribution in [0.25, 0.3) is 11.0 Å². The van der Waals surface area contributed by atoms with Gasteiger partial charge in [-0.1, -0.05) is 0 Å². The van der Waals surface area contributed by atoms with Crippen LogP contribution in [0.3, 0.4) is 0 Å². The summed E-state index contributed by atoms with van der Waals surface area (Å²) in [7, 11) is 0. The topological polar surface area (TPSA) is 37.9 Å². The fourth-order valence-electron chi connectivity index (χ4n) is 1.15. The molecule has 0 bridgehead atoms. The maximum atomic E-state index is 12.0. The summed E-state index contributed by atoms with van der Waals surface area (Å²) < 4.78 is 40.2. The van der Waals surface area contributed by atoms with Crippen molar-refractivity contribution >= 4 is 33.6 Å². The van der Waals surface area contributed by atoms with Gasteiger partial charge in [0.2, 0.25) is 0 Å². The number of ether oxygens (including phenoxy) is 1. The van der Waals surface area contributed by atoms with Gasteiger partial charge < -0.3 is 9.72 Å². The van der Waals surface area contributed by atoms with Crippen molar-refractivity contribution in [2.24, 2.45) is 0 Å². The van der Waals surface area contributed by atoms with Crippen molar-refractivity contribution in [3.05, 3.63) is 22.0 Å². The Morgan fingerprint density at radius 1 is 1.40 bits per heavy atom. The van der Waals surface area contributed by atoms with Crippen LogP contribution in [0.15, 0.2) is 18.5 Å². The lowest BCUT2D eigenvalue weighted by Gasteiger charge is -2.10. The van der Waals surface area contributed by atoms with Crippen LogP contribution in [-0.4, -0.2) is 16.3 Å².